The molecule has 0 amide bonds. The van der Waals surface area contributed by atoms with Gasteiger partial charge in [0.1, 0.15) is 23.7 Å². The van der Waals surface area contributed by atoms with Crippen LogP contribution in [0.25, 0.3) is 96.3 Å². The molecule has 12 rings (SSSR count). The van der Waals surface area contributed by atoms with Gasteiger partial charge in [-0.15, -0.1) is 22.7 Å². The van der Waals surface area contributed by atoms with Crippen molar-refractivity contribution in [2.75, 3.05) is 0 Å². The number of fused-ring (bicyclic) bond motifs is 8. The molecule has 6 aromatic carbocycles. The topological polar surface area (TPSA) is 109 Å². The van der Waals surface area contributed by atoms with Crippen molar-refractivity contribution < 1.29 is 0 Å². The first-order valence-corrected chi connectivity index (χ1v) is 22.7. The Morgan fingerprint density at radius 2 is 0.891 bits per heavy atom. The highest BCUT2D eigenvalue weighted by atomic mass is 32.1. The Hall–Kier alpha value is -8.02. The Kier molecular flexibility index (Phi) is 10.1. The molecule has 6 aromatic heterocycles. The van der Waals surface area contributed by atoms with Crippen LogP contribution in [0.15, 0.2) is 171 Å². The fourth-order valence-electron chi connectivity index (χ4n) is 8.38. The smallest absolute Gasteiger partial charge is 0.108 e. The van der Waals surface area contributed by atoms with Crippen molar-refractivity contribution in [3.63, 3.8) is 0 Å². The largest absolute Gasteiger partial charge is 0.298 e. The molecule has 0 radical (unpaired) electrons. The number of imidazole rings is 2. The van der Waals surface area contributed by atoms with Crippen LogP contribution >= 0.6 is 22.7 Å². The second-order valence-corrected chi connectivity index (χ2v) is 17.8. The third kappa shape index (κ3) is 7.31. The second kappa shape index (κ2) is 16.7. The number of aromatic nitrogens is 6. The van der Waals surface area contributed by atoms with Gasteiger partial charge in [-0.2, -0.15) is 10.5 Å². The molecule has 0 spiro atoms. The summed E-state index contributed by atoms with van der Waals surface area (Å²) >= 11 is 3.62. The zero-order chi connectivity index (χ0) is 43.0. The molecule has 0 aliphatic rings. The van der Waals surface area contributed by atoms with E-state index in [0.29, 0.717) is 12.8 Å². The number of nitrogens with zero attached hydrogens (tertiary/aromatic N) is 8. The van der Waals surface area contributed by atoms with E-state index in [4.69, 9.17) is 10.5 Å². The zero-order valence-electron chi connectivity index (χ0n) is 34.4. The monoisotopic (exact) mass is 860 g/mol. The van der Waals surface area contributed by atoms with E-state index in [0.717, 1.165) is 68.1 Å². The SMILES string of the molecule is N#CCCc1ccc(-n2cnc3cnc4ccc(-c5cc6ccccc6s5)cc4c32)cc1.N#CCCc1ccc(-n2cnc3cnc4ccc(-c5cc6ccccc6s5)cc4c32)cc1. The number of aryl methyl sites for hydroxylation is 2. The quantitative estimate of drug-likeness (QED) is 0.150. The van der Waals surface area contributed by atoms with Gasteiger partial charge in [0.05, 0.1) is 46.6 Å². The average Bonchev–Trinajstić information content (AvgIpc) is 4.18. The van der Waals surface area contributed by atoms with Gasteiger partial charge in [0.2, 0.25) is 0 Å². The van der Waals surface area contributed by atoms with Gasteiger partial charge in [0, 0.05) is 54.1 Å². The fourth-order valence-corrected chi connectivity index (χ4v) is 10.5. The summed E-state index contributed by atoms with van der Waals surface area (Å²) in [6.07, 6.45) is 10.0. The van der Waals surface area contributed by atoms with Crippen molar-refractivity contribution in [3.8, 4) is 44.4 Å². The molecule has 0 aliphatic heterocycles. The van der Waals surface area contributed by atoms with Gasteiger partial charge in [0.15, 0.2) is 0 Å². The first-order valence-electron chi connectivity index (χ1n) is 21.0. The van der Waals surface area contributed by atoms with E-state index in [1.54, 1.807) is 0 Å². The van der Waals surface area contributed by atoms with Crippen molar-refractivity contribution in [1.29, 1.82) is 10.5 Å². The zero-order valence-corrected chi connectivity index (χ0v) is 36.0. The van der Waals surface area contributed by atoms with E-state index in [1.165, 1.54) is 52.2 Å². The van der Waals surface area contributed by atoms with Crippen molar-refractivity contribution in [1.82, 2.24) is 29.1 Å². The van der Waals surface area contributed by atoms with E-state index in [9.17, 15) is 0 Å². The number of nitriles is 2. The minimum absolute atomic E-state index is 0.532. The van der Waals surface area contributed by atoms with Crippen LogP contribution in [-0.4, -0.2) is 29.1 Å². The highest BCUT2D eigenvalue weighted by Crippen LogP contribution is 2.38. The number of thiophene rings is 2. The lowest BCUT2D eigenvalue weighted by molar-refractivity contribution is 1.00. The lowest BCUT2D eigenvalue weighted by Gasteiger charge is -2.09. The Bertz CT molecular complexity index is 3450. The van der Waals surface area contributed by atoms with Crippen molar-refractivity contribution in [3.05, 3.63) is 182 Å². The van der Waals surface area contributed by atoms with Crippen molar-refractivity contribution in [2.24, 2.45) is 0 Å². The first-order chi connectivity index (χ1) is 31.6. The molecule has 8 nitrogen and oxygen atoms in total. The highest BCUT2D eigenvalue weighted by molar-refractivity contribution is 7.22. The summed E-state index contributed by atoms with van der Waals surface area (Å²) in [5.41, 5.74) is 12.6. The normalized spacial score (nSPS) is 11.3. The molecular weight excluding hydrogens is 825 g/mol. The summed E-state index contributed by atoms with van der Waals surface area (Å²) in [6.45, 7) is 0. The Morgan fingerprint density at radius 3 is 1.31 bits per heavy atom. The van der Waals surface area contributed by atoms with Gasteiger partial charge in [-0.05, 0) is 119 Å². The van der Waals surface area contributed by atoms with Crippen LogP contribution in [0, 0.1) is 22.7 Å². The molecule has 0 N–H and O–H groups in total. The summed E-state index contributed by atoms with van der Waals surface area (Å²) in [7, 11) is 0. The van der Waals surface area contributed by atoms with Crippen LogP contribution < -0.4 is 0 Å². The van der Waals surface area contributed by atoms with E-state index in [2.05, 4.69) is 187 Å². The number of pyridine rings is 2. The standard InChI is InChI=1S/2C27H18N4S/c2*28-13-3-4-18-7-10-21(11-8-18)31-17-30-24-16-29-23-12-9-20(14-22(23)27(24)31)26-15-19-5-1-2-6-25(19)32-26/h2*1-2,5-12,14-17H,3-4H2. The van der Waals surface area contributed by atoms with Crippen LogP contribution in [0.5, 0.6) is 0 Å². The van der Waals surface area contributed by atoms with Crippen LogP contribution in [0.2, 0.25) is 0 Å². The predicted octanol–water partition coefficient (Wildman–Crippen LogP) is 13.8. The molecular formula is C54H36N8S2. The van der Waals surface area contributed by atoms with E-state index >= 15 is 0 Å². The molecule has 6 heterocycles. The van der Waals surface area contributed by atoms with Gasteiger partial charge < -0.3 is 0 Å². The molecule has 0 aliphatic carbocycles. The lowest BCUT2D eigenvalue weighted by Crippen LogP contribution is -1.94. The summed E-state index contributed by atoms with van der Waals surface area (Å²) in [4.78, 5) is 21.0. The van der Waals surface area contributed by atoms with Crippen LogP contribution in [0.3, 0.4) is 0 Å². The number of hydrogen-bond acceptors (Lipinski definition) is 8. The number of hydrogen-bond donors (Lipinski definition) is 0. The molecule has 10 heteroatoms. The molecule has 0 bridgehead atoms. The predicted molar refractivity (Wildman–Crippen MR) is 262 cm³/mol. The maximum atomic E-state index is 8.83. The van der Waals surface area contributed by atoms with Gasteiger partial charge >= 0.3 is 0 Å². The molecule has 0 atom stereocenters. The third-order valence-electron chi connectivity index (χ3n) is 11.6. The van der Waals surface area contributed by atoms with Crippen LogP contribution in [0.4, 0.5) is 0 Å². The lowest BCUT2D eigenvalue weighted by atomic mass is 10.1. The fraction of sp³-hybridized carbons (Fsp3) is 0.0741. The Morgan fingerprint density at radius 1 is 0.453 bits per heavy atom. The minimum atomic E-state index is 0.532. The number of benzene rings is 6. The van der Waals surface area contributed by atoms with Crippen molar-refractivity contribution >= 4 is 86.7 Å². The highest BCUT2D eigenvalue weighted by Gasteiger charge is 2.15. The van der Waals surface area contributed by atoms with Crippen LogP contribution in [0.1, 0.15) is 24.0 Å². The Balaban J connectivity index is 0.000000143. The van der Waals surface area contributed by atoms with Crippen molar-refractivity contribution in [2.45, 2.75) is 25.7 Å². The number of rotatable bonds is 8. The maximum absolute atomic E-state index is 8.83. The second-order valence-electron chi connectivity index (χ2n) is 15.6. The first kappa shape index (κ1) is 38.9. The maximum Gasteiger partial charge on any atom is 0.108 e. The van der Waals surface area contributed by atoms with Gasteiger partial charge in [0.25, 0.3) is 0 Å². The van der Waals surface area contributed by atoms with Gasteiger partial charge in [-0.25, -0.2) is 9.97 Å². The van der Waals surface area contributed by atoms with E-state index in [-0.39, 0.29) is 0 Å². The molecule has 64 heavy (non-hydrogen) atoms. The van der Waals surface area contributed by atoms with Gasteiger partial charge in [-0.1, -0.05) is 72.8 Å². The van der Waals surface area contributed by atoms with Crippen LogP contribution in [-0.2, 0) is 12.8 Å². The van der Waals surface area contributed by atoms with Gasteiger partial charge in [-0.3, -0.25) is 19.1 Å². The molecule has 0 fully saturated rings. The summed E-state index contributed by atoms with van der Waals surface area (Å²) in [5.74, 6) is 0. The summed E-state index contributed by atoms with van der Waals surface area (Å²) < 4.78 is 6.84. The molecule has 0 saturated heterocycles. The molecule has 12 aromatic rings. The Labute approximate surface area is 376 Å². The molecule has 0 saturated carbocycles. The van der Waals surface area contributed by atoms with E-state index < -0.39 is 0 Å². The molecule has 0 unspecified atom stereocenters. The minimum Gasteiger partial charge on any atom is -0.298 e. The summed E-state index contributed by atoms with van der Waals surface area (Å²) in [6, 6.07) is 55.6. The third-order valence-corrected chi connectivity index (χ3v) is 14.0. The molecule has 304 valence electrons. The average molecular weight is 861 g/mol. The van der Waals surface area contributed by atoms with E-state index in [1.807, 2.05) is 47.7 Å². The summed E-state index contributed by atoms with van der Waals surface area (Å²) in [5, 5.41) is 22.4.